The minimum atomic E-state index is -0.602. The van der Waals surface area contributed by atoms with Crippen LogP contribution in [0.2, 0.25) is 0 Å². The van der Waals surface area contributed by atoms with Crippen LogP contribution in [0.3, 0.4) is 0 Å². The van der Waals surface area contributed by atoms with Gasteiger partial charge in [-0.3, -0.25) is 14.4 Å². The van der Waals surface area contributed by atoms with Crippen molar-refractivity contribution in [2.24, 2.45) is 17.8 Å². The van der Waals surface area contributed by atoms with Crippen molar-refractivity contribution in [3.63, 3.8) is 0 Å². The maximum Gasteiger partial charge on any atom is 0.306 e. The second-order valence-electron chi connectivity index (χ2n) is 12.6. The van der Waals surface area contributed by atoms with E-state index >= 15 is 0 Å². The summed E-state index contributed by atoms with van der Waals surface area (Å²) in [5, 5.41) is 25.6. The summed E-state index contributed by atoms with van der Waals surface area (Å²) in [5.74, 6) is -1.89. The molecule has 0 saturated heterocycles. The van der Waals surface area contributed by atoms with E-state index in [0.29, 0.717) is 0 Å². The molecular formula is C34H53O6Ti-. The molecule has 7 heteroatoms. The van der Waals surface area contributed by atoms with Crippen molar-refractivity contribution in [1.82, 2.24) is 0 Å². The summed E-state index contributed by atoms with van der Waals surface area (Å²) in [4.78, 5) is 31.1. The smallest absolute Gasteiger partial charge is 0.306 e. The first-order chi connectivity index (χ1) is 19.4. The second kappa shape index (κ2) is 19.6. The quantitative estimate of drug-likeness (QED) is 0.219. The van der Waals surface area contributed by atoms with Crippen LogP contribution in [-0.2, 0) is 36.1 Å². The molecule has 0 aliphatic heterocycles. The molecule has 0 radical (unpaired) electrons. The molecule has 0 aromatic heterocycles. The van der Waals surface area contributed by atoms with E-state index in [1.54, 1.807) is 22.3 Å². The van der Waals surface area contributed by atoms with Crippen molar-refractivity contribution >= 4 is 17.9 Å². The van der Waals surface area contributed by atoms with Crippen LogP contribution in [0.25, 0.3) is 0 Å². The SMILES string of the molecule is O=C(O)C1CCCCC1.O=C(O)C1CCCCC1.O=C(O)C1CCCCC1.[CH-]1CCCC2=C1CC1=C2CCCC1.[Ti]. The molecule has 0 bridgehead atoms. The van der Waals surface area contributed by atoms with Crippen molar-refractivity contribution in [2.75, 3.05) is 0 Å². The van der Waals surface area contributed by atoms with Gasteiger partial charge in [0.15, 0.2) is 0 Å². The number of fused-ring (bicyclic) bond motifs is 1. The third-order valence-electron chi connectivity index (χ3n) is 9.62. The van der Waals surface area contributed by atoms with Crippen LogP contribution in [0, 0.1) is 24.2 Å². The molecule has 41 heavy (non-hydrogen) atoms. The van der Waals surface area contributed by atoms with Gasteiger partial charge in [0.2, 0.25) is 0 Å². The van der Waals surface area contributed by atoms with Crippen molar-refractivity contribution in [1.29, 1.82) is 0 Å². The van der Waals surface area contributed by atoms with E-state index in [9.17, 15) is 14.4 Å². The average Bonchev–Trinajstić information content (AvgIpc) is 3.38. The predicted octanol–water partition coefficient (Wildman–Crippen LogP) is 8.90. The molecule has 3 saturated carbocycles. The zero-order valence-electron chi connectivity index (χ0n) is 25.1. The summed E-state index contributed by atoms with van der Waals surface area (Å²) in [7, 11) is 0. The van der Waals surface area contributed by atoms with E-state index in [-0.39, 0.29) is 39.5 Å². The van der Waals surface area contributed by atoms with E-state index in [1.165, 1.54) is 70.6 Å². The number of carboxylic acids is 3. The summed E-state index contributed by atoms with van der Waals surface area (Å²) in [6, 6.07) is 0. The first kappa shape index (κ1) is 35.7. The Kier molecular flexibility index (Phi) is 17.1. The topological polar surface area (TPSA) is 112 Å². The Balaban J connectivity index is 0.000000193. The second-order valence-corrected chi connectivity index (χ2v) is 12.6. The Morgan fingerprint density at radius 1 is 0.512 bits per heavy atom. The zero-order chi connectivity index (χ0) is 28.7. The molecule has 0 spiro atoms. The molecule has 230 valence electrons. The molecule has 6 aliphatic rings. The van der Waals surface area contributed by atoms with Gasteiger partial charge in [0, 0.05) is 21.7 Å². The van der Waals surface area contributed by atoms with Crippen LogP contribution in [0.4, 0.5) is 0 Å². The molecule has 6 rings (SSSR count). The molecule has 0 heterocycles. The fourth-order valence-corrected chi connectivity index (χ4v) is 7.17. The summed E-state index contributed by atoms with van der Waals surface area (Å²) in [6.07, 6.45) is 29.3. The first-order valence-corrected chi connectivity index (χ1v) is 16.3. The van der Waals surface area contributed by atoms with Crippen molar-refractivity contribution in [2.45, 2.75) is 148 Å². The van der Waals surface area contributed by atoms with Gasteiger partial charge < -0.3 is 15.3 Å². The minimum Gasteiger partial charge on any atom is -0.481 e. The molecule has 6 aliphatic carbocycles. The van der Waals surface area contributed by atoms with E-state index in [4.69, 9.17) is 15.3 Å². The van der Waals surface area contributed by atoms with E-state index in [2.05, 4.69) is 6.42 Å². The van der Waals surface area contributed by atoms with Crippen LogP contribution < -0.4 is 0 Å². The summed E-state index contributed by atoms with van der Waals surface area (Å²) in [5.41, 5.74) is 7.06. The maximum atomic E-state index is 10.4. The number of allylic oxidation sites excluding steroid dienone is 4. The number of carboxylic acid groups (broad SMARTS) is 3. The number of hydrogen-bond acceptors (Lipinski definition) is 3. The Bertz CT molecular complexity index is 792. The molecule has 3 fully saturated rings. The molecule has 6 nitrogen and oxygen atoms in total. The van der Waals surface area contributed by atoms with Gasteiger partial charge in [0.25, 0.3) is 0 Å². The third kappa shape index (κ3) is 12.3. The fraction of sp³-hybridized carbons (Fsp3) is 0.765. The Morgan fingerprint density at radius 2 is 0.902 bits per heavy atom. The van der Waals surface area contributed by atoms with Crippen molar-refractivity contribution in [3.8, 4) is 0 Å². The molecule has 0 aromatic carbocycles. The van der Waals surface area contributed by atoms with E-state index in [0.717, 1.165) is 77.0 Å². The number of aliphatic carboxylic acids is 3. The maximum absolute atomic E-state index is 10.4. The van der Waals surface area contributed by atoms with Gasteiger partial charge in [-0.25, -0.2) is 12.0 Å². The number of rotatable bonds is 3. The number of hydrogen-bond donors (Lipinski definition) is 3. The fourth-order valence-electron chi connectivity index (χ4n) is 7.17. The van der Waals surface area contributed by atoms with Crippen molar-refractivity contribution < 1.29 is 51.4 Å². The monoisotopic (exact) mass is 605 g/mol. The standard InChI is InChI=1S/C13H17.3C7H12O2.Ti/c1-3-7-12-10(5-1)9-11-6-2-4-8-13(11)12;3*8-7(9)6-4-2-1-3-5-6;/h5H,1-4,6-9H2;3*6H,1-5H2,(H,8,9);/q-1;;;;. The van der Waals surface area contributed by atoms with E-state index in [1.807, 2.05) is 0 Å². The Labute approximate surface area is 262 Å². The normalized spacial score (nSPS) is 22.9. The number of carbonyl (C=O) groups is 3. The Hall–Kier alpha value is -1.53. The molecule has 0 amide bonds. The van der Waals surface area contributed by atoms with Crippen LogP contribution in [0.15, 0.2) is 22.3 Å². The predicted molar refractivity (Wildman–Crippen MR) is 158 cm³/mol. The zero-order valence-corrected chi connectivity index (χ0v) is 26.7. The third-order valence-corrected chi connectivity index (χ3v) is 9.62. The van der Waals surface area contributed by atoms with Crippen LogP contribution in [0.5, 0.6) is 0 Å². The van der Waals surface area contributed by atoms with Gasteiger partial charge in [-0.2, -0.15) is 5.57 Å². The van der Waals surface area contributed by atoms with Crippen LogP contribution >= 0.6 is 0 Å². The summed E-state index contributed by atoms with van der Waals surface area (Å²) >= 11 is 0. The average molecular weight is 606 g/mol. The molecule has 3 N–H and O–H groups in total. The van der Waals surface area contributed by atoms with Gasteiger partial charge in [-0.1, -0.05) is 82.6 Å². The van der Waals surface area contributed by atoms with Gasteiger partial charge >= 0.3 is 17.9 Å². The Morgan fingerprint density at radius 3 is 1.29 bits per heavy atom. The van der Waals surface area contributed by atoms with Crippen molar-refractivity contribution in [3.05, 3.63) is 28.7 Å². The first-order valence-electron chi connectivity index (χ1n) is 16.3. The van der Waals surface area contributed by atoms with Gasteiger partial charge in [-0.05, 0) is 64.2 Å². The van der Waals surface area contributed by atoms with Crippen LogP contribution in [-0.4, -0.2) is 33.2 Å². The minimum absolute atomic E-state index is 0. The summed E-state index contributed by atoms with van der Waals surface area (Å²) < 4.78 is 0. The molecule has 0 atom stereocenters. The molecule has 0 aromatic rings. The largest absolute Gasteiger partial charge is 0.481 e. The van der Waals surface area contributed by atoms with Gasteiger partial charge in [-0.15, -0.1) is 12.0 Å². The van der Waals surface area contributed by atoms with Gasteiger partial charge in [0.1, 0.15) is 0 Å². The van der Waals surface area contributed by atoms with E-state index < -0.39 is 17.9 Å². The summed E-state index contributed by atoms with van der Waals surface area (Å²) in [6.45, 7) is 0. The van der Waals surface area contributed by atoms with Gasteiger partial charge in [0.05, 0.1) is 17.8 Å². The molecule has 0 unspecified atom stereocenters. The molecular weight excluding hydrogens is 552 g/mol. The van der Waals surface area contributed by atoms with Crippen LogP contribution in [0.1, 0.15) is 148 Å².